The Hall–Kier alpha value is -3.40. The number of hydrogen-bond donors (Lipinski definition) is 0. The molecule has 1 aromatic heterocycles. The molecule has 1 aliphatic rings. The van der Waals surface area contributed by atoms with Crippen LogP contribution >= 0.6 is 0 Å². The first-order chi connectivity index (χ1) is 14.3. The molecule has 4 aromatic rings. The lowest BCUT2D eigenvalue weighted by Crippen LogP contribution is -2.47. The Morgan fingerprint density at radius 3 is 2.03 bits per heavy atom. The van der Waals surface area contributed by atoms with E-state index in [0.717, 1.165) is 48.9 Å². The molecule has 3 aromatic carbocycles. The van der Waals surface area contributed by atoms with Gasteiger partial charge in [-0.15, -0.1) is 0 Å². The summed E-state index contributed by atoms with van der Waals surface area (Å²) < 4.78 is 0. The molecule has 0 saturated carbocycles. The zero-order chi connectivity index (χ0) is 19.6. The van der Waals surface area contributed by atoms with Gasteiger partial charge in [-0.05, 0) is 30.7 Å². The molecule has 0 N–H and O–H groups in total. The number of aromatic nitrogens is 2. The SMILES string of the molecule is Cc1cccc2nc(-c3ccccc3)nc(N3CCN(c4ccccc4)CC3)c12. The fraction of sp³-hybridized carbons (Fsp3) is 0.200. The van der Waals surface area contributed by atoms with Crippen molar-refractivity contribution in [2.75, 3.05) is 36.0 Å². The molecular weight excluding hydrogens is 356 g/mol. The van der Waals surface area contributed by atoms with Crippen molar-refractivity contribution in [1.29, 1.82) is 0 Å². The highest BCUT2D eigenvalue weighted by Gasteiger charge is 2.22. The number of fused-ring (bicyclic) bond motifs is 1. The van der Waals surface area contributed by atoms with Gasteiger partial charge in [0.2, 0.25) is 0 Å². The molecule has 144 valence electrons. The smallest absolute Gasteiger partial charge is 0.162 e. The quantitative estimate of drug-likeness (QED) is 0.504. The number of rotatable bonds is 3. The van der Waals surface area contributed by atoms with Crippen molar-refractivity contribution in [2.24, 2.45) is 0 Å². The summed E-state index contributed by atoms with van der Waals surface area (Å²) in [6, 6.07) is 27.2. The standard InChI is InChI=1S/C25H24N4/c1-19-9-8-14-22-23(19)25(27-24(26-22)20-10-4-2-5-11-20)29-17-15-28(16-18-29)21-12-6-3-7-13-21/h2-14H,15-18H2,1H3. The van der Waals surface area contributed by atoms with E-state index in [4.69, 9.17) is 9.97 Å². The second kappa shape index (κ2) is 7.55. The Labute approximate surface area is 171 Å². The van der Waals surface area contributed by atoms with Gasteiger partial charge >= 0.3 is 0 Å². The maximum atomic E-state index is 5.05. The van der Waals surface area contributed by atoms with Crippen LogP contribution in [0.2, 0.25) is 0 Å². The van der Waals surface area contributed by atoms with Crippen LogP contribution in [0.3, 0.4) is 0 Å². The normalized spacial score (nSPS) is 14.4. The van der Waals surface area contributed by atoms with Crippen LogP contribution in [0.5, 0.6) is 0 Å². The molecule has 0 atom stereocenters. The molecule has 0 bridgehead atoms. The molecule has 4 heteroatoms. The summed E-state index contributed by atoms with van der Waals surface area (Å²) in [5.41, 5.74) is 4.59. The molecule has 0 radical (unpaired) electrons. The van der Waals surface area contributed by atoms with Crippen molar-refractivity contribution in [3.05, 3.63) is 84.4 Å². The predicted octanol–water partition coefficient (Wildman–Crippen LogP) is 4.93. The van der Waals surface area contributed by atoms with Crippen LogP contribution in [0.25, 0.3) is 22.3 Å². The summed E-state index contributed by atoms with van der Waals surface area (Å²) >= 11 is 0. The number of aryl methyl sites for hydroxylation is 1. The average molecular weight is 380 g/mol. The van der Waals surface area contributed by atoms with E-state index in [1.165, 1.54) is 16.6 Å². The van der Waals surface area contributed by atoms with Gasteiger partial charge in [-0.3, -0.25) is 0 Å². The molecule has 1 fully saturated rings. The van der Waals surface area contributed by atoms with Crippen LogP contribution in [0.1, 0.15) is 5.56 Å². The number of para-hydroxylation sites is 1. The second-order valence-electron chi connectivity index (χ2n) is 7.52. The molecule has 29 heavy (non-hydrogen) atoms. The number of hydrogen-bond acceptors (Lipinski definition) is 4. The van der Waals surface area contributed by atoms with E-state index >= 15 is 0 Å². The minimum Gasteiger partial charge on any atom is -0.368 e. The second-order valence-corrected chi connectivity index (χ2v) is 7.52. The average Bonchev–Trinajstić information content (AvgIpc) is 2.80. The molecule has 1 aliphatic heterocycles. The maximum Gasteiger partial charge on any atom is 0.162 e. The van der Waals surface area contributed by atoms with E-state index < -0.39 is 0 Å². The van der Waals surface area contributed by atoms with Crippen molar-refractivity contribution in [3.63, 3.8) is 0 Å². The van der Waals surface area contributed by atoms with Crippen LogP contribution < -0.4 is 9.80 Å². The lowest BCUT2D eigenvalue weighted by molar-refractivity contribution is 0.649. The molecule has 0 amide bonds. The zero-order valence-corrected chi connectivity index (χ0v) is 16.6. The third-order valence-electron chi connectivity index (χ3n) is 5.65. The number of piperazine rings is 1. The van der Waals surface area contributed by atoms with E-state index in [9.17, 15) is 0 Å². The van der Waals surface area contributed by atoms with Crippen molar-refractivity contribution >= 4 is 22.4 Å². The number of nitrogens with zero attached hydrogens (tertiary/aromatic N) is 4. The summed E-state index contributed by atoms with van der Waals surface area (Å²) in [5.74, 6) is 1.85. The van der Waals surface area contributed by atoms with E-state index in [1.807, 2.05) is 18.2 Å². The largest absolute Gasteiger partial charge is 0.368 e. The van der Waals surface area contributed by atoms with E-state index in [1.54, 1.807) is 0 Å². The fourth-order valence-electron chi connectivity index (χ4n) is 4.09. The molecule has 0 spiro atoms. The lowest BCUT2D eigenvalue weighted by Gasteiger charge is -2.37. The Kier molecular flexibility index (Phi) is 4.60. The van der Waals surface area contributed by atoms with Crippen molar-refractivity contribution in [2.45, 2.75) is 6.92 Å². The minimum absolute atomic E-state index is 0.796. The molecule has 0 unspecified atom stereocenters. The summed E-state index contributed by atoms with van der Waals surface area (Å²) in [6.45, 7) is 6.02. The van der Waals surface area contributed by atoms with Crippen molar-refractivity contribution in [3.8, 4) is 11.4 Å². The highest BCUT2D eigenvalue weighted by molar-refractivity contribution is 5.94. The van der Waals surface area contributed by atoms with E-state index in [-0.39, 0.29) is 0 Å². The zero-order valence-electron chi connectivity index (χ0n) is 16.6. The van der Waals surface area contributed by atoms with Gasteiger partial charge in [-0.2, -0.15) is 0 Å². The first kappa shape index (κ1) is 17.7. The molecular formula is C25H24N4. The van der Waals surface area contributed by atoms with Gasteiger partial charge in [0.15, 0.2) is 5.82 Å². The van der Waals surface area contributed by atoms with Crippen molar-refractivity contribution < 1.29 is 0 Å². The highest BCUT2D eigenvalue weighted by Crippen LogP contribution is 2.31. The van der Waals surface area contributed by atoms with Gasteiger partial charge in [0.1, 0.15) is 5.82 Å². The van der Waals surface area contributed by atoms with E-state index in [0.29, 0.717) is 0 Å². The first-order valence-corrected chi connectivity index (χ1v) is 10.2. The molecule has 4 nitrogen and oxygen atoms in total. The Morgan fingerprint density at radius 2 is 1.31 bits per heavy atom. The Balaban J connectivity index is 1.52. The first-order valence-electron chi connectivity index (χ1n) is 10.2. The number of benzene rings is 3. The van der Waals surface area contributed by atoms with E-state index in [2.05, 4.69) is 77.4 Å². The van der Waals surface area contributed by atoms with Crippen LogP contribution in [0, 0.1) is 6.92 Å². The Bertz CT molecular complexity index is 1120. The molecule has 2 heterocycles. The molecule has 1 saturated heterocycles. The van der Waals surface area contributed by atoms with Gasteiger partial charge in [0.05, 0.1) is 5.52 Å². The van der Waals surface area contributed by atoms with Gasteiger partial charge in [0, 0.05) is 42.8 Å². The fourth-order valence-corrected chi connectivity index (χ4v) is 4.09. The monoisotopic (exact) mass is 380 g/mol. The van der Waals surface area contributed by atoms with Crippen LogP contribution in [0.15, 0.2) is 78.9 Å². The van der Waals surface area contributed by atoms with Gasteiger partial charge in [-0.1, -0.05) is 60.7 Å². The molecule has 0 aliphatic carbocycles. The van der Waals surface area contributed by atoms with Gasteiger partial charge < -0.3 is 9.80 Å². The third-order valence-corrected chi connectivity index (χ3v) is 5.65. The van der Waals surface area contributed by atoms with Gasteiger partial charge in [0.25, 0.3) is 0 Å². The summed E-state index contributed by atoms with van der Waals surface area (Å²) in [7, 11) is 0. The number of anilines is 2. The topological polar surface area (TPSA) is 32.3 Å². The summed E-state index contributed by atoms with van der Waals surface area (Å²) in [4.78, 5) is 14.8. The lowest BCUT2D eigenvalue weighted by atomic mass is 10.1. The van der Waals surface area contributed by atoms with Gasteiger partial charge in [-0.25, -0.2) is 9.97 Å². The van der Waals surface area contributed by atoms with Crippen LogP contribution in [-0.4, -0.2) is 36.1 Å². The minimum atomic E-state index is 0.796. The Morgan fingerprint density at radius 1 is 0.655 bits per heavy atom. The van der Waals surface area contributed by atoms with Crippen LogP contribution in [0.4, 0.5) is 11.5 Å². The summed E-state index contributed by atoms with van der Waals surface area (Å²) in [5, 5.41) is 1.17. The van der Waals surface area contributed by atoms with Crippen molar-refractivity contribution in [1.82, 2.24) is 9.97 Å². The highest BCUT2D eigenvalue weighted by atomic mass is 15.3. The summed E-state index contributed by atoms with van der Waals surface area (Å²) in [6.07, 6.45) is 0. The van der Waals surface area contributed by atoms with Crippen LogP contribution in [-0.2, 0) is 0 Å². The maximum absolute atomic E-state index is 5.05. The molecule has 5 rings (SSSR count). The third kappa shape index (κ3) is 3.42. The predicted molar refractivity (Wildman–Crippen MR) is 121 cm³/mol.